The van der Waals surface area contributed by atoms with Gasteiger partial charge in [0.1, 0.15) is 19.0 Å². The third-order valence-electron chi connectivity index (χ3n) is 3.86. The lowest BCUT2D eigenvalue weighted by Gasteiger charge is -2.16. The number of ether oxygens (including phenoxy) is 2. The summed E-state index contributed by atoms with van der Waals surface area (Å²) < 4.78 is 13.0. The van der Waals surface area contributed by atoms with Crippen molar-refractivity contribution in [3.05, 3.63) is 77.1 Å². The van der Waals surface area contributed by atoms with Crippen LogP contribution in [0.1, 0.15) is 5.56 Å². The zero-order chi connectivity index (χ0) is 17.8. The normalized spacial score (nSPS) is 10.6. The van der Waals surface area contributed by atoms with Crippen molar-refractivity contribution in [1.82, 2.24) is 4.57 Å². The van der Waals surface area contributed by atoms with Crippen molar-refractivity contribution in [3.63, 3.8) is 0 Å². The van der Waals surface area contributed by atoms with Gasteiger partial charge in [0.2, 0.25) is 5.75 Å². The van der Waals surface area contributed by atoms with Crippen LogP contribution in [-0.2, 0) is 13.7 Å². The number of rotatable bonds is 6. The first-order valence-electron chi connectivity index (χ1n) is 7.88. The van der Waals surface area contributed by atoms with Crippen molar-refractivity contribution < 1.29 is 14.6 Å². The van der Waals surface area contributed by atoms with Crippen molar-refractivity contribution in [2.24, 2.45) is 7.05 Å². The fourth-order valence-corrected chi connectivity index (χ4v) is 2.61. The molecule has 0 fully saturated rings. The number of benzene rings is 2. The predicted octanol–water partition coefficient (Wildman–Crippen LogP) is 3.39. The van der Waals surface area contributed by atoms with Crippen molar-refractivity contribution in [1.29, 1.82) is 0 Å². The zero-order valence-electron chi connectivity index (χ0n) is 13.9. The molecule has 0 saturated carbocycles. The van der Waals surface area contributed by atoms with Crippen LogP contribution in [0.25, 0.3) is 10.9 Å². The summed E-state index contributed by atoms with van der Waals surface area (Å²) in [5.74, 6) is 0.580. The molecule has 3 aromatic rings. The number of hydrogen-bond acceptors (Lipinski definition) is 4. The Labute approximate surface area is 145 Å². The maximum Gasteiger partial charge on any atom is 0.297 e. The SMILES string of the molecule is C=CCOc1c(OCc2ccccc2)c2ccc(O)cc2n(C)c1=O. The molecule has 0 bridgehead atoms. The lowest BCUT2D eigenvalue weighted by molar-refractivity contribution is 0.275. The summed E-state index contributed by atoms with van der Waals surface area (Å²) >= 11 is 0. The fourth-order valence-electron chi connectivity index (χ4n) is 2.61. The molecule has 1 heterocycles. The van der Waals surface area contributed by atoms with Gasteiger partial charge in [0, 0.05) is 18.5 Å². The number of pyridine rings is 1. The summed E-state index contributed by atoms with van der Waals surface area (Å²) in [6.07, 6.45) is 1.57. The molecule has 1 aromatic heterocycles. The minimum atomic E-state index is -0.331. The third kappa shape index (κ3) is 3.35. The van der Waals surface area contributed by atoms with Gasteiger partial charge < -0.3 is 19.1 Å². The van der Waals surface area contributed by atoms with Crippen LogP contribution in [0.2, 0.25) is 0 Å². The first-order valence-corrected chi connectivity index (χ1v) is 7.88. The molecule has 0 unspecified atom stereocenters. The van der Waals surface area contributed by atoms with Gasteiger partial charge in [0.15, 0.2) is 5.75 Å². The highest BCUT2D eigenvalue weighted by atomic mass is 16.5. The summed E-state index contributed by atoms with van der Waals surface area (Å²) in [5, 5.41) is 10.4. The molecule has 0 atom stereocenters. The van der Waals surface area contributed by atoms with Crippen molar-refractivity contribution in [2.75, 3.05) is 6.61 Å². The Hall–Kier alpha value is -3.21. The third-order valence-corrected chi connectivity index (χ3v) is 3.86. The molecule has 0 radical (unpaired) electrons. The minimum Gasteiger partial charge on any atom is -0.508 e. The number of phenols is 1. The number of aryl methyl sites for hydroxylation is 1. The van der Waals surface area contributed by atoms with E-state index < -0.39 is 0 Å². The molecular weight excluding hydrogens is 318 g/mol. The Morgan fingerprint density at radius 1 is 1.12 bits per heavy atom. The van der Waals surface area contributed by atoms with E-state index in [1.165, 1.54) is 10.6 Å². The Balaban J connectivity index is 2.13. The molecule has 5 heteroatoms. The van der Waals surface area contributed by atoms with Crippen molar-refractivity contribution in [3.8, 4) is 17.2 Å². The van der Waals surface area contributed by atoms with Gasteiger partial charge >= 0.3 is 0 Å². The standard InChI is InChI=1S/C20H19NO4/c1-3-11-24-19-18(25-13-14-7-5-4-6-8-14)16-10-9-15(22)12-17(16)21(2)20(19)23/h3-10,12,22H,1,11,13H2,2H3. The summed E-state index contributed by atoms with van der Waals surface area (Å²) in [6, 6.07) is 14.5. The Morgan fingerprint density at radius 2 is 1.88 bits per heavy atom. The molecule has 25 heavy (non-hydrogen) atoms. The van der Waals surface area contributed by atoms with Crippen molar-refractivity contribution in [2.45, 2.75) is 6.61 Å². The highest BCUT2D eigenvalue weighted by molar-refractivity contribution is 5.88. The summed E-state index contributed by atoms with van der Waals surface area (Å²) in [7, 11) is 1.63. The molecule has 2 aromatic carbocycles. The molecule has 0 aliphatic carbocycles. The lowest BCUT2D eigenvalue weighted by atomic mass is 10.1. The van der Waals surface area contributed by atoms with Gasteiger partial charge in [0.25, 0.3) is 5.56 Å². The molecule has 3 rings (SSSR count). The molecule has 0 aliphatic heterocycles. The van der Waals surface area contributed by atoms with E-state index in [-0.39, 0.29) is 23.7 Å². The average molecular weight is 337 g/mol. The van der Waals surface area contributed by atoms with Gasteiger partial charge in [-0.2, -0.15) is 0 Å². The topological polar surface area (TPSA) is 60.7 Å². The largest absolute Gasteiger partial charge is 0.508 e. The second-order valence-corrected chi connectivity index (χ2v) is 5.60. The van der Waals surface area contributed by atoms with Crippen LogP contribution in [0, 0.1) is 0 Å². The van der Waals surface area contributed by atoms with E-state index in [2.05, 4.69) is 6.58 Å². The van der Waals surface area contributed by atoms with Crippen LogP contribution >= 0.6 is 0 Å². The van der Waals surface area contributed by atoms with Crippen LogP contribution < -0.4 is 15.0 Å². The van der Waals surface area contributed by atoms with E-state index in [1.54, 1.807) is 25.3 Å². The van der Waals surface area contributed by atoms with Gasteiger partial charge in [-0.3, -0.25) is 4.79 Å². The number of phenolic OH excluding ortho intramolecular Hbond substituents is 1. The Kier molecular flexibility index (Phi) is 4.75. The highest BCUT2D eigenvalue weighted by Gasteiger charge is 2.18. The van der Waals surface area contributed by atoms with Gasteiger partial charge in [-0.25, -0.2) is 0 Å². The van der Waals surface area contributed by atoms with Gasteiger partial charge in [-0.05, 0) is 17.7 Å². The zero-order valence-corrected chi connectivity index (χ0v) is 13.9. The van der Waals surface area contributed by atoms with Gasteiger partial charge in [0.05, 0.1) is 5.52 Å². The first kappa shape index (κ1) is 16.6. The molecule has 5 nitrogen and oxygen atoms in total. The molecule has 0 amide bonds. The minimum absolute atomic E-state index is 0.0799. The lowest BCUT2D eigenvalue weighted by Crippen LogP contribution is -2.21. The molecule has 0 spiro atoms. The predicted molar refractivity (Wildman–Crippen MR) is 97.3 cm³/mol. The van der Waals surface area contributed by atoms with Crippen LogP contribution in [-0.4, -0.2) is 16.3 Å². The Bertz CT molecular complexity index is 961. The summed E-state index contributed by atoms with van der Waals surface area (Å²) in [6.45, 7) is 4.11. The summed E-state index contributed by atoms with van der Waals surface area (Å²) in [4.78, 5) is 12.7. The molecule has 128 valence electrons. The Morgan fingerprint density at radius 3 is 2.60 bits per heavy atom. The van der Waals surface area contributed by atoms with Crippen LogP contribution in [0.4, 0.5) is 0 Å². The summed E-state index contributed by atoms with van der Waals surface area (Å²) in [5.41, 5.74) is 1.21. The second-order valence-electron chi connectivity index (χ2n) is 5.60. The van der Waals surface area contributed by atoms with Crippen LogP contribution in [0.3, 0.4) is 0 Å². The fraction of sp³-hybridized carbons (Fsp3) is 0.150. The van der Waals surface area contributed by atoms with E-state index in [1.807, 2.05) is 30.3 Å². The molecular formula is C20H19NO4. The van der Waals surface area contributed by atoms with Gasteiger partial charge in [-0.1, -0.05) is 43.0 Å². The van der Waals surface area contributed by atoms with E-state index in [9.17, 15) is 9.90 Å². The maximum absolute atomic E-state index is 12.7. The maximum atomic E-state index is 12.7. The number of aromatic nitrogens is 1. The average Bonchev–Trinajstić information content (AvgIpc) is 2.63. The smallest absolute Gasteiger partial charge is 0.297 e. The second kappa shape index (κ2) is 7.13. The van der Waals surface area contributed by atoms with Crippen LogP contribution in [0.5, 0.6) is 17.2 Å². The van der Waals surface area contributed by atoms with E-state index in [0.29, 0.717) is 23.3 Å². The monoisotopic (exact) mass is 337 g/mol. The highest BCUT2D eigenvalue weighted by Crippen LogP contribution is 2.34. The molecule has 0 aliphatic rings. The number of aromatic hydroxyl groups is 1. The quantitative estimate of drug-likeness (QED) is 0.701. The first-order chi connectivity index (χ1) is 12.1. The number of hydrogen-bond donors (Lipinski definition) is 1. The van der Waals surface area contributed by atoms with E-state index >= 15 is 0 Å². The van der Waals surface area contributed by atoms with Crippen molar-refractivity contribution >= 4 is 10.9 Å². The van der Waals surface area contributed by atoms with E-state index in [0.717, 1.165) is 5.56 Å². The molecule has 1 N–H and O–H groups in total. The van der Waals surface area contributed by atoms with Crippen LogP contribution in [0.15, 0.2) is 66.0 Å². The number of fused-ring (bicyclic) bond motifs is 1. The number of nitrogens with zero attached hydrogens (tertiary/aromatic N) is 1. The molecule has 0 saturated heterocycles. The van der Waals surface area contributed by atoms with E-state index in [4.69, 9.17) is 9.47 Å². The van der Waals surface area contributed by atoms with Gasteiger partial charge in [-0.15, -0.1) is 0 Å².